The average molecular weight is 474 g/mol. The van der Waals surface area contributed by atoms with Crippen molar-refractivity contribution in [1.82, 2.24) is 0 Å². The van der Waals surface area contributed by atoms with E-state index >= 15 is 0 Å². The number of nitrogens with zero attached hydrogens (tertiary/aromatic N) is 1. The topological polar surface area (TPSA) is 37.4 Å². The number of hydrogen-bond acceptors (Lipinski definition) is 3. The molecule has 0 saturated carbocycles. The lowest BCUT2D eigenvalue weighted by molar-refractivity contribution is 0.593. The number of halogens is 1. The number of para-hydroxylation sites is 1. The van der Waals surface area contributed by atoms with Gasteiger partial charge in [0.05, 0.1) is 17.1 Å². The van der Waals surface area contributed by atoms with Gasteiger partial charge in [-0.2, -0.15) is 0 Å². The van der Waals surface area contributed by atoms with Gasteiger partial charge in [-0.3, -0.25) is 4.31 Å². The van der Waals surface area contributed by atoms with Crippen molar-refractivity contribution in [2.75, 3.05) is 16.6 Å². The minimum absolute atomic E-state index is 0.259. The van der Waals surface area contributed by atoms with Crippen LogP contribution in [0.25, 0.3) is 0 Å². The minimum atomic E-state index is -3.67. The van der Waals surface area contributed by atoms with Gasteiger partial charge in [0, 0.05) is 15.1 Å². The van der Waals surface area contributed by atoms with Crippen molar-refractivity contribution in [1.29, 1.82) is 0 Å². The highest BCUT2D eigenvalue weighted by Crippen LogP contribution is 2.30. The first-order valence-electron chi connectivity index (χ1n) is 8.74. The third-order valence-corrected chi connectivity index (χ3v) is 7.41. The predicted molar refractivity (Wildman–Crippen MR) is 121 cm³/mol. The molecule has 3 aromatic carbocycles. The lowest BCUT2D eigenvalue weighted by Gasteiger charge is -2.24. The molecule has 6 heteroatoms. The highest BCUT2D eigenvalue weighted by molar-refractivity contribution is 9.10. The maximum Gasteiger partial charge on any atom is 0.264 e. The van der Waals surface area contributed by atoms with Gasteiger partial charge < -0.3 is 0 Å². The summed E-state index contributed by atoms with van der Waals surface area (Å²) >= 11 is 5.19. The molecule has 0 radical (unpaired) electrons. The molecule has 0 unspecified atom stereocenters. The van der Waals surface area contributed by atoms with Gasteiger partial charge in [-0.05, 0) is 52.3 Å². The maximum absolute atomic E-state index is 13.2. The first-order valence-corrected chi connectivity index (χ1v) is 12.0. The van der Waals surface area contributed by atoms with E-state index in [1.54, 1.807) is 42.1 Å². The number of benzene rings is 3. The molecule has 0 saturated heterocycles. The van der Waals surface area contributed by atoms with Crippen molar-refractivity contribution in [3.63, 3.8) is 0 Å². The number of anilines is 1. The van der Waals surface area contributed by atoms with E-state index < -0.39 is 10.0 Å². The van der Waals surface area contributed by atoms with Gasteiger partial charge in [0.25, 0.3) is 10.0 Å². The monoisotopic (exact) mass is 473 g/mol. The summed E-state index contributed by atoms with van der Waals surface area (Å²) in [4.78, 5) is 1.46. The Morgan fingerprint density at radius 3 is 2.11 bits per heavy atom. The number of hydrogen-bond donors (Lipinski definition) is 0. The van der Waals surface area contributed by atoms with E-state index in [1.165, 1.54) is 9.20 Å². The molecule has 0 aliphatic carbocycles. The molecule has 0 bridgehead atoms. The molecule has 0 N–H and O–H groups in total. The van der Waals surface area contributed by atoms with Crippen LogP contribution in [0.4, 0.5) is 5.69 Å². The molecular formula is C22H20BrNO2S2. The largest absolute Gasteiger partial charge is 0.264 e. The van der Waals surface area contributed by atoms with Gasteiger partial charge in [-0.15, -0.1) is 11.8 Å². The Bertz CT molecular complexity index is 1020. The Kier molecular flexibility index (Phi) is 7.36. The Hall–Kier alpha value is -2.02. The second-order valence-corrected chi connectivity index (χ2v) is 9.71. The van der Waals surface area contributed by atoms with Gasteiger partial charge in [0.2, 0.25) is 0 Å². The molecule has 0 amide bonds. The molecule has 3 nitrogen and oxygen atoms in total. The van der Waals surface area contributed by atoms with Crippen LogP contribution >= 0.6 is 27.7 Å². The summed E-state index contributed by atoms with van der Waals surface area (Å²) < 4.78 is 28.6. The van der Waals surface area contributed by atoms with Gasteiger partial charge >= 0.3 is 0 Å². The highest BCUT2D eigenvalue weighted by atomic mass is 79.9. The number of rotatable bonds is 8. The van der Waals surface area contributed by atoms with Crippen molar-refractivity contribution in [2.45, 2.75) is 9.79 Å². The van der Waals surface area contributed by atoms with Crippen molar-refractivity contribution < 1.29 is 8.42 Å². The van der Waals surface area contributed by atoms with Gasteiger partial charge in [-0.1, -0.05) is 60.7 Å². The van der Waals surface area contributed by atoms with Crippen molar-refractivity contribution in [2.24, 2.45) is 0 Å². The summed E-state index contributed by atoms with van der Waals surface area (Å²) in [7, 11) is -3.67. The lowest BCUT2D eigenvalue weighted by atomic mass is 10.3. The third kappa shape index (κ3) is 5.28. The summed E-state index contributed by atoms with van der Waals surface area (Å²) in [6.45, 7) is 0.259. The standard InChI is InChI=1S/C22H20BrNO2S2/c23-21-15-7-8-16-22(21)24(28(25,26)20-13-5-2-6-14-20)17-9-10-18-27-19-11-3-1-4-12-19/h1-16H,17-18H2/b10-9+. The molecule has 0 atom stereocenters. The van der Waals surface area contributed by atoms with Crippen molar-refractivity contribution in [3.8, 4) is 0 Å². The molecule has 3 rings (SSSR count). The fourth-order valence-electron chi connectivity index (χ4n) is 2.60. The fraction of sp³-hybridized carbons (Fsp3) is 0.0909. The quantitative estimate of drug-likeness (QED) is 0.297. The van der Waals surface area contributed by atoms with Crippen LogP contribution in [0.5, 0.6) is 0 Å². The first-order chi connectivity index (χ1) is 13.6. The van der Waals surface area contributed by atoms with E-state index in [-0.39, 0.29) is 11.4 Å². The Morgan fingerprint density at radius 1 is 0.821 bits per heavy atom. The van der Waals surface area contributed by atoms with Crippen LogP contribution < -0.4 is 4.31 Å². The average Bonchev–Trinajstić information content (AvgIpc) is 2.73. The number of thioether (sulfide) groups is 1. The fourth-order valence-corrected chi connectivity index (χ4v) is 5.45. The minimum Gasteiger partial charge on any atom is -0.261 e. The SMILES string of the molecule is O=S(=O)(c1ccccc1)N(C/C=C/CSc1ccccc1)c1ccccc1Br. The molecule has 0 aliphatic heterocycles. The third-order valence-electron chi connectivity index (χ3n) is 3.98. The van der Waals surface area contributed by atoms with Crippen LogP contribution in [-0.4, -0.2) is 20.7 Å². The van der Waals surface area contributed by atoms with Crippen molar-refractivity contribution >= 4 is 43.4 Å². The summed E-state index contributed by atoms with van der Waals surface area (Å²) in [5.41, 5.74) is 0.617. The molecule has 0 fully saturated rings. The first kappa shape index (κ1) is 20.7. The van der Waals surface area contributed by atoms with Crippen LogP contribution in [0.3, 0.4) is 0 Å². The van der Waals surface area contributed by atoms with Crippen LogP contribution in [0.1, 0.15) is 0 Å². The zero-order valence-electron chi connectivity index (χ0n) is 15.1. The van der Waals surface area contributed by atoms with E-state index in [9.17, 15) is 8.42 Å². The second-order valence-electron chi connectivity index (χ2n) is 5.90. The predicted octanol–water partition coefficient (Wildman–Crippen LogP) is 5.99. The molecule has 3 aromatic rings. The Morgan fingerprint density at radius 2 is 1.43 bits per heavy atom. The summed E-state index contributed by atoms with van der Waals surface area (Å²) in [5, 5.41) is 0. The highest BCUT2D eigenvalue weighted by Gasteiger charge is 2.25. The van der Waals surface area contributed by atoms with Crippen LogP contribution in [0.2, 0.25) is 0 Å². The van der Waals surface area contributed by atoms with Crippen molar-refractivity contribution in [3.05, 3.63) is 102 Å². The van der Waals surface area contributed by atoms with Gasteiger partial charge in [0.15, 0.2) is 0 Å². The molecule has 0 heterocycles. The zero-order valence-corrected chi connectivity index (χ0v) is 18.3. The van der Waals surface area contributed by atoms with Crippen LogP contribution in [0.15, 0.2) is 111 Å². The van der Waals surface area contributed by atoms with E-state index in [0.29, 0.717) is 5.69 Å². The van der Waals surface area contributed by atoms with Crippen LogP contribution in [-0.2, 0) is 10.0 Å². The normalized spacial score (nSPS) is 11.6. The zero-order chi connectivity index (χ0) is 19.8. The summed E-state index contributed by atoms with van der Waals surface area (Å²) in [6.07, 6.45) is 3.90. The Balaban J connectivity index is 1.79. The van der Waals surface area contributed by atoms with E-state index in [4.69, 9.17) is 0 Å². The molecule has 0 spiro atoms. The van der Waals surface area contributed by atoms with E-state index in [1.807, 2.05) is 54.6 Å². The second kappa shape index (κ2) is 9.96. The summed E-state index contributed by atoms with van der Waals surface area (Å²) in [5.74, 6) is 0.777. The molecule has 144 valence electrons. The molecular weight excluding hydrogens is 454 g/mol. The van der Waals surface area contributed by atoms with Crippen LogP contribution in [0, 0.1) is 0 Å². The maximum atomic E-state index is 13.2. The molecule has 0 aliphatic rings. The number of sulfonamides is 1. The molecule has 28 heavy (non-hydrogen) atoms. The smallest absolute Gasteiger partial charge is 0.261 e. The van der Waals surface area contributed by atoms with Gasteiger partial charge in [-0.25, -0.2) is 8.42 Å². The Labute approximate surface area is 179 Å². The molecule has 0 aromatic heterocycles. The summed E-state index contributed by atoms with van der Waals surface area (Å²) in [6, 6.07) is 26.0. The lowest BCUT2D eigenvalue weighted by Crippen LogP contribution is -2.31. The van der Waals surface area contributed by atoms with E-state index in [2.05, 4.69) is 28.1 Å². The van der Waals surface area contributed by atoms with Gasteiger partial charge in [0.1, 0.15) is 0 Å². The van der Waals surface area contributed by atoms with E-state index in [0.717, 1.165) is 10.2 Å².